The van der Waals surface area contributed by atoms with Gasteiger partial charge in [-0.15, -0.1) is 0 Å². The van der Waals surface area contributed by atoms with Gasteiger partial charge >= 0.3 is 0 Å². The molecular weight excluding hydrogens is 404 g/mol. The zero-order valence-corrected chi connectivity index (χ0v) is 19.1. The second-order valence-corrected chi connectivity index (χ2v) is 9.66. The van der Waals surface area contributed by atoms with Crippen LogP contribution in [0.3, 0.4) is 0 Å². The minimum absolute atomic E-state index is 0.0235. The van der Waals surface area contributed by atoms with Gasteiger partial charge in [-0.3, -0.25) is 14.7 Å². The van der Waals surface area contributed by atoms with Gasteiger partial charge in [0.25, 0.3) is 5.91 Å². The maximum atomic E-state index is 13.7. The molecule has 0 radical (unpaired) electrons. The fourth-order valence-corrected chi connectivity index (χ4v) is 6.55. The van der Waals surface area contributed by atoms with Crippen LogP contribution >= 0.6 is 0 Å². The summed E-state index contributed by atoms with van der Waals surface area (Å²) >= 11 is 0. The van der Waals surface area contributed by atoms with Crippen molar-refractivity contribution in [2.75, 3.05) is 13.2 Å². The SMILES string of the molecule is CCOc1ccccc1-c1cc(C(=O)N2C[C@@H]3C[C@@]4(C)[C@H](CCCC[C@@H]24)N3C(C)=O)[nH]n1. The molecule has 7 heteroatoms. The van der Waals surface area contributed by atoms with E-state index in [9.17, 15) is 9.59 Å². The van der Waals surface area contributed by atoms with Crippen LogP contribution in [-0.4, -0.2) is 63.1 Å². The fourth-order valence-electron chi connectivity index (χ4n) is 6.55. The van der Waals surface area contributed by atoms with Crippen molar-refractivity contribution in [1.82, 2.24) is 20.0 Å². The van der Waals surface area contributed by atoms with Gasteiger partial charge in [-0.1, -0.05) is 31.9 Å². The number of likely N-dealkylation sites (tertiary alicyclic amines) is 2. The number of fused-ring (bicyclic) bond motifs is 1. The van der Waals surface area contributed by atoms with Crippen LogP contribution in [0.5, 0.6) is 5.75 Å². The molecule has 2 bridgehead atoms. The van der Waals surface area contributed by atoms with E-state index in [4.69, 9.17) is 4.74 Å². The molecule has 7 nitrogen and oxygen atoms in total. The topological polar surface area (TPSA) is 78.5 Å². The lowest BCUT2D eigenvalue weighted by Crippen LogP contribution is -2.55. The molecule has 2 amide bonds. The number of hydrogen-bond acceptors (Lipinski definition) is 4. The van der Waals surface area contributed by atoms with Crippen molar-refractivity contribution in [2.45, 2.75) is 71.0 Å². The molecule has 3 fully saturated rings. The van der Waals surface area contributed by atoms with E-state index < -0.39 is 0 Å². The molecule has 3 heterocycles. The van der Waals surface area contributed by atoms with Crippen LogP contribution < -0.4 is 4.74 Å². The first-order valence-corrected chi connectivity index (χ1v) is 11.8. The van der Waals surface area contributed by atoms with E-state index in [1.807, 2.05) is 42.2 Å². The van der Waals surface area contributed by atoms with Gasteiger partial charge in [0.15, 0.2) is 0 Å². The number of carbonyl (C=O) groups excluding carboxylic acids is 2. The van der Waals surface area contributed by atoms with Gasteiger partial charge < -0.3 is 14.5 Å². The van der Waals surface area contributed by atoms with Crippen LogP contribution in [0.25, 0.3) is 11.3 Å². The highest BCUT2D eigenvalue weighted by molar-refractivity contribution is 5.94. The summed E-state index contributed by atoms with van der Waals surface area (Å²) < 4.78 is 5.74. The van der Waals surface area contributed by atoms with E-state index in [0.29, 0.717) is 24.5 Å². The van der Waals surface area contributed by atoms with E-state index in [0.717, 1.165) is 43.4 Å². The summed E-state index contributed by atoms with van der Waals surface area (Å²) in [5.74, 6) is 0.868. The van der Waals surface area contributed by atoms with E-state index in [1.165, 1.54) is 0 Å². The average molecular weight is 437 g/mol. The summed E-state index contributed by atoms with van der Waals surface area (Å²) in [6.45, 7) is 7.08. The number of nitrogens with one attached hydrogen (secondary N) is 1. The number of aromatic amines is 1. The van der Waals surface area contributed by atoms with Gasteiger partial charge in [-0.2, -0.15) is 5.10 Å². The molecule has 2 saturated heterocycles. The summed E-state index contributed by atoms with van der Waals surface area (Å²) in [7, 11) is 0. The molecule has 2 aliphatic heterocycles. The second-order valence-electron chi connectivity index (χ2n) is 9.66. The third-order valence-corrected chi connectivity index (χ3v) is 7.81. The summed E-state index contributed by atoms with van der Waals surface area (Å²) in [5, 5.41) is 7.42. The van der Waals surface area contributed by atoms with Gasteiger partial charge in [0, 0.05) is 36.5 Å². The lowest BCUT2D eigenvalue weighted by molar-refractivity contribution is -0.132. The molecule has 1 aliphatic carbocycles. The minimum Gasteiger partial charge on any atom is -0.493 e. The molecule has 0 spiro atoms. The van der Waals surface area contributed by atoms with Gasteiger partial charge in [-0.05, 0) is 44.4 Å². The molecule has 170 valence electrons. The van der Waals surface area contributed by atoms with Gasteiger partial charge in [-0.25, -0.2) is 0 Å². The number of carbonyl (C=O) groups is 2. The Labute approximate surface area is 189 Å². The van der Waals surface area contributed by atoms with Crippen molar-refractivity contribution in [3.8, 4) is 17.0 Å². The van der Waals surface area contributed by atoms with E-state index in [1.54, 1.807) is 6.92 Å². The maximum Gasteiger partial charge on any atom is 0.272 e. The number of ether oxygens (including phenoxy) is 1. The van der Waals surface area contributed by atoms with Crippen LogP contribution in [0.4, 0.5) is 0 Å². The Hall–Kier alpha value is -2.83. The third-order valence-electron chi connectivity index (χ3n) is 7.81. The molecular formula is C25H32N4O3. The Morgan fingerprint density at radius 2 is 1.97 bits per heavy atom. The quantitative estimate of drug-likeness (QED) is 0.789. The Bertz CT molecular complexity index is 1030. The Balaban J connectivity index is 1.46. The molecule has 1 saturated carbocycles. The van der Waals surface area contributed by atoms with Crippen LogP contribution in [-0.2, 0) is 4.79 Å². The molecule has 1 aromatic carbocycles. The lowest BCUT2D eigenvalue weighted by atomic mass is 9.71. The largest absolute Gasteiger partial charge is 0.493 e. The van der Waals surface area contributed by atoms with Gasteiger partial charge in [0.2, 0.25) is 5.91 Å². The number of piperidine rings is 1. The van der Waals surface area contributed by atoms with Crippen molar-refractivity contribution in [3.63, 3.8) is 0 Å². The molecule has 1 aromatic heterocycles. The van der Waals surface area contributed by atoms with Crippen molar-refractivity contribution in [3.05, 3.63) is 36.0 Å². The number of rotatable bonds is 4. The summed E-state index contributed by atoms with van der Waals surface area (Å²) in [4.78, 5) is 30.4. The molecule has 4 atom stereocenters. The predicted molar refractivity (Wildman–Crippen MR) is 121 cm³/mol. The van der Waals surface area contributed by atoms with Crippen LogP contribution in [0.2, 0.25) is 0 Å². The molecule has 5 rings (SSSR count). The normalized spacial score (nSPS) is 29.0. The Morgan fingerprint density at radius 1 is 1.22 bits per heavy atom. The van der Waals surface area contributed by atoms with Gasteiger partial charge in [0.1, 0.15) is 11.4 Å². The number of aromatic nitrogens is 2. The van der Waals surface area contributed by atoms with Crippen LogP contribution in [0.15, 0.2) is 30.3 Å². The first kappa shape index (κ1) is 21.0. The smallest absolute Gasteiger partial charge is 0.272 e. The number of hydrogen-bond donors (Lipinski definition) is 1. The second kappa shape index (κ2) is 7.94. The molecule has 3 aliphatic rings. The number of nitrogens with zero attached hydrogens (tertiary/aromatic N) is 3. The van der Waals surface area contributed by atoms with E-state index in [-0.39, 0.29) is 35.4 Å². The highest BCUT2D eigenvalue weighted by Crippen LogP contribution is 2.53. The van der Waals surface area contributed by atoms with Crippen molar-refractivity contribution >= 4 is 11.8 Å². The minimum atomic E-state index is -0.0504. The highest BCUT2D eigenvalue weighted by Gasteiger charge is 2.60. The van der Waals surface area contributed by atoms with E-state index >= 15 is 0 Å². The number of H-pyrrole nitrogens is 1. The zero-order chi connectivity index (χ0) is 22.5. The standard InChI is InChI=1S/C25H32N4O3/c1-4-32-21-10-6-5-9-18(21)19-13-20(27-26-19)24(31)28-15-17-14-25(3)22(28)11-7-8-12-23(25)29(17)16(2)30/h5-6,9-10,13,17,22-23H,4,7-8,11-12,14-15H2,1-3H3,(H,26,27)/t17-,22+,23-,25+/m0/s1. The summed E-state index contributed by atoms with van der Waals surface area (Å²) in [5.41, 5.74) is 2.01. The first-order valence-electron chi connectivity index (χ1n) is 11.8. The van der Waals surface area contributed by atoms with E-state index in [2.05, 4.69) is 22.0 Å². The van der Waals surface area contributed by atoms with Crippen LogP contribution in [0.1, 0.15) is 63.4 Å². The van der Waals surface area contributed by atoms with Crippen molar-refractivity contribution < 1.29 is 14.3 Å². The fraction of sp³-hybridized carbons (Fsp3) is 0.560. The van der Waals surface area contributed by atoms with Crippen molar-refractivity contribution in [1.29, 1.82) is 0 Å². The number of amides is 2. The Morgan fingerprint density at radius 3 is 2.72 bits per heavy atom. The molecule has 0 unspecified atom stereocenters. The maximum absolute atomic E-state index is 13.7. The molecule has 1 N–H and O–H groups in total. The molecule has 32 heavy (non-hydrogen) atoms. The monoisotopic (exact) mass is 436 g/mol. The average Bonchev–Trinajstić information content (AvgIpc) is 3.30. The third kappa shape index (κ3) is 3.21. The summed E-state index contributed by atoms with van der Waals surface area (Å²) in [6.07, 6.45) is 5.21. The number of benzene rings is 1. The summed E-state index contributed by atoms with van der Waals surface area (Å²) in [6, 6.07) is 10.0. The Kier molecular flexibility index (Phi) is 5.22. The van der Waals surface area contributed by atoms with Gasteiger partial charge in [0.05, 0.1) is 18.3 Å². The van der Waals surface area contributed by atoms with Crippen LogP contribution in [0, 0.1) is 5.41 Å². The highest BCUT2D eigenvalue weighted by atomic mass is 16.5. The first-order chi connectivity index (χ1) is 15.4. The number of para-hydroxylation sites is 1. The lowest BCUT2D eigenvalue weighted by Gasteiger charge is -2.46. The molecule has 2 aromatic rings. The zero-order valence-electron chi connectivity index (χ0n) is 19.1. The van der Waals surface area contributed by atoms with Crippen molar-refractivity contribution in [2.24, 2.45) is 5.41 Å². The predicted octanol–water partition coefficient (Wildman–Crippen LogP) is 3.87.